The molecule has 0 unspecified atom stereocenters. The van der Waals surface area contributed by atoms with Crippen LogP contribution in [0, 0.1) is 0 Å². The summed E-state index contributed by atoms with van der Waals surface area (Å²) in [5, 5.41) is 2.32. The van der Waals surface area contributed by atoms with Crippen LogP contribution in [-0.2, 0) is 0 Å². The molecule has 0 saturated heterocycles. The summed E-state index contributed by atoms with van der Waals surface area (Å²) in [5.74, 6) is 0. The molecule has 1 heterocycles. The van der Waals surface area contributed by atoms with Crippen LogP contribution >= 0.6 is 0 Å². The molecule has 0 N–H and O–H groups in total. The van der Waals surface area contributed by atoms with Gasteiger partial charge in [0, 0.05) is 5.69 Å². The van der Waals surface area contributed by atoms with Crippen LogP contribution in [0.15, 0.2) is 109 Å². The number of nitrogens with zero attached hydrogens (tertiary/aromatic N) is 2. The van der Waals surface area contributed by atoms with Gasteiger partial charge in [-0.3, -0.25) is 4.57 Å². The first-order chi connectivity index (χ1) is 23.7. The van der Waals surface area contributed by atoms with Crippen LogP contribution in [0.4, 0.5) is 0 Å². The number of hydrogen-bond acceptors (Lipinski definition) is 1. The van der Waals surface area contributed by atoms with Crippen molar-refractivity contribution in [1.82, 2.24) is 9.55 Å². The second kappa shape index (κ2) is 11.9. The lowest BCUT2D eigenvalue weighted by molar-refractivity contribution is 1.09. The molecule has 8 aromatic rings. The Hall–Kier alpha value is -4.95. The van der Waals surface area contributed by atoms with Gasteiger partial charge in [0.05, 0.1) is 11.0 Å². The van der Waals surface area contributed by atoms with E-state index < -0.39 is 0 Å². The molecule has 0 aliphatic carbocycles. The predicted octanol–water partition coefficient (Wildman–Crippen LogP) is 0.683. The standard InChI is InChI=1S/C39H18B8N2/c40-32-28-26(21-12-10-20(11-13-21)19-6-2-1-3-7-19)29-31(35(43)39(47)37(45)33(29)41)27(30(28)34(42)38(46)36(32)44)22-14-16-23(17-15-22)49-18-48-24-8-4-5-9-25(24)49/h1-18H. The normalized spacial score (nSPS) is 11.5. The molecule has 10 heteroatoms. The van der Waals surface area contributed by atoms with Crippen LogP contribution in [0.25, 0.3) is 71.6 Å². The Morgan fingerprint density at radius 3 is 1.24 bits per heavy atom. The van der Waals surface area contributed by atoms with Crippen LogP contribution in [0.5, 0.6) is 0 Å². The molecular weight excluding hydrogens is 583 g/mol. The van der Waals surface area contributed by atoms with Gasteiger partial charge in [0.15, 0.2) is 0 Å². The van der Waals surface area contributed by atoms with E-state index in [1.807, 2.05) is 95.6 Å². The Kier molecular flexibility index (Phi) is 7.59. The van der Waals surface area contributed by atoms with Gasteiger partial charge in [0.1, 0.15) is 69.1 Å². The minimum Gasteiger partial charge on any atom is -0.299 e. The number of benzene rings is 7. The highest BCUT2D eigenvalue weighted by Crippen LogP contribution is 2.41. The fourth-order valence-electron chi connectivity index (χ4n) is 6.94. The first-order valence-corrected chi connectivity index (χ1v) is 15.6. The van der Waals surface area contributed by atoms with Gasteiger partial charge in [0.2, 0.25) is 0 Å². The Labute approximate surface area is 296 Å². The zero-order valence-corrected chi connectivity index (χ0v) is 26.4. The van der Waals surface area contributed by atoms with Crippen molar-refractivity contribution in [3.05, 3.63) is 109 Å². The molecule has 0 saturated carbocycles. The molecule has 208 valence electrons. The summed E-state index contributed by atoms with van der Waals surface area (Å²) in [4.78, 5) is 4.55. The molecule has 16 radical (unpaired) electrons. The number of imidazole rings is 1. The Morgan fingerprint density at radius 2 is 0.755 bits per heavy atom. The second-order valence-corrected chi connectivity index (χ2v) is 12.2. The Bertz CT molecular complexity index is 2530. The van der Waals surface area contributed by atoms with Gasteiger partial charge in [-0.05, 0) is 79.2 Å². The van der Waals surface area contributed by atoms with Gasteiger partial charge in [0.25, 0.3) is 0 Å². The molecular formula is C39H18B8N2. The average molecular weight is 601 g/mol. The maximum atomic E-state index is 6.89. The van der Waals surface area contributed by atoms with E-state index in [-0.39, 0.29) is 43.7 Å². The lowest BCUT2D eigenvalue weighted by Crippen LogP contribution is -2.50. The minimum atomic E-state index is 0.174. The van der Waals surface area contributed by atoms with E-state index in [4.69, 9.17) is 62.8 Å². The predicted molar refractivity (Wildman–Crippen MR) is 215 cm³/mol. The topological polar surface area (TPSA) is 17.8 Å². The van der Waals surface area contributed by atoms with Crippen molar-refractivity contribution in [2.45, 2.75) is 0 Å². The maximum Gasteiger partial charge on any atom is 0.113 e. The van der Waals surface area contributed by atoms with Crippen molar-refractivity contribution in [3.63, 3.8) is 0 Å². The summed E-state index contributed by atoms with van der Waals surface area (Å²) < 4.78 is 2.02. The third kappa shape index (κ3) is 4.79. The third-order valence-electron chi connectivity index (χ3n) is 9.49. The largest absolute Gasteiger partial charge is 0.299 e. The lowest BCUT2D eigenvalue weighted by Gasteiger charge is -2.28. The molecule has 0 atom stereocenters. The van der Waals surface area contributed by atoms with Gasteiger partial charge in [-0.25, -0.2) is 4.98 Å². The molecule has 49 heavy (non-hydrogen) atoms. The zero-order chi connectivity index (χ0) is 34.1. The highest BCUT2D eigenvalue weighted by atomic mass is 15.0. The quantitative estimate of drug-likeness (QED) is 0.215. The summed E-state index contributed by atoms with van der Waals surface area (Å²) >= 11 is 0. The maximum absolute atomic E-state index is 6.89. The molecule has 0 bridgehead atoms. The summed E-state index contributed by atoms with van der Waals surface area (Å²) in [6, 6.07) is 34.1. The summed E-state index contributed by atoms with van der Waals surface area (Å²) in [7, 11) is 53.7. The number of rotatable bonds is 4. The molecule has 0 amide bonds. The van der Waals surface area contributed by atoms with E-state index >= 15 is 0 Å². The summed E-state index contributed by atoms with van der Waals surface area (Å²) in [5.41, 5.74) is 9.55. The van der Waals surface area contributed by atoms with Gasteiger partial charge < -0.3 is 0 Å². The summed E-state index contributed by atoms with van der Waals surface area (Å²) in [6.45, 7) is 0. The van der Waals surface area contributed by atoms with E-state index in [1.54, 1.807) is 6.33 Å². The number of para-hydroxylation sites is 2. The molecule has 8 rings (SSSR count). The molecule has 2 nitrogen and oxygen atoms in total. The van der Waals surface area contributed by atoms with Gasteiger partial charge in [-0.1, -0.05) is 101 Å². The van der Waals surface area contributed by atoms with Gasteiger partial charge in [-0.15, -0.1) is 21.9 Å². The monoisotopic (exact) mass is 602 g/mol. The van der Waals surface area contributed by atoms with E-state index in [0.29, 0.717) is 32.7 Å². The van der Waals surface area contributed by atoms with Gasteiger partial charge >= 0.3 is 0 Å². The van der Waals surface area contributed by atoms with Crippen molar-refractivity contribution in [2.75, 3.05) is 0 Å². The van der Waals surface area contributed by atoms with Gasteiger partial charge in [-0.2, -0.15) is 0 Å². The van der Waals surface area contributed by atoms with Crippen molar-refractivity contribution in [2.24, 2.45) is 0 Å². The smallest absolute Gasteiger partial charge is 0.113 e. The second-order valence-electron chi connectivity index (χ2n) is 12.2. The third-order valence-corrected chi connectivity index (χ3v) is 9.49. The fourth-order valence-corrected chi connectivity index (χ4v) is 6.94. The number of aromatic nitrogens is 2. The highest BCUT2D eigenvalue weighted by Gasteiger charge is 2.24. The first-order valence-electron chi connectivity index (χ1n) is 15.6. The SMILES string of the molecule is [B]c1c([B])c([B])c2c(-c3ccc(-n4cnc5ccccc54)cc3)c3c([B])c([B])c([B])c([B])c3c(-c3ccc(-c4ccccc4)cc3)c2c1[B]. The van der Waals surface area contributed by atoms with Crippen LogP contribution in [0.2, 0.25) is 0 Å². The molecule has 0 fully saturated rings. The van der Waals surface area contributed by atoms with Crippen molar-refractivity contribution in [1.29, 1.82) is 0 Å². The molecule has 1 aromatic heterocycles. The average Bonchev–Trinajstić information content (AvgIpc) is 3.58. The highest BCUT2D eigenvalue weighted by molar-refractivity contribution is 6.71. The zero-order valence-electron chi connectivity index (χ0n) is 26.4. The number of hydrogen-bond donors (Lipinski definition) is 0. The molecule has 0 aliphatic rings. The van der Waals surface area contributed by atoms with E-state index in [2.05, 4.69) is 17.1 Å². The molecule has 0 aliphatic heterocycles. The minimum absolute atomic E-state index is 0.174. The Morgan fingerprint density at radius 1 is 0.367 bits per heavy atom. The number of fused-ring (bicyclic) bond motifs is 3. The molecule has 0 spiro atoms. The van der Waals surface area contributed by atoms with Crippen LogP contribution in [0.1, 0.15) is 0 Å². The van der Waals surface area contributed by atoms with Crippen LogP contribution in [0.3, 0.4) is 0 Å². The molecule has 7 aromatic carbocycles. The first kappa shape index (κ1) is 31.3. The van der Waals surface area contributed by atoms with Crippen molar-refractivity contribution >= 4 is 139 Å². The lowest BCUT2D eigenvalue weighted by atomic mass is 9.59. The van der Waals surface area contributed by atoms with Crippen LogP contribution < -0.4 is 43.7 Å². The fraction of sp³-hybridized carbons (Fsp3) is 0. The summed E-state index contributed by atoms with van der Waals surface area (Å²) in [6.07, 6.45) is 1.80. The van der Waals surface area contributed by atoms with Crippen LogP contribution in [-0.4, -0.2) is 72.3 Å². The van der Waals surface area contributed by atoms with E-state index in [1.165, 1.54) is 0 Å². The van der Waals surface area contributed by atoms with Crippen molar-refractivity contribution in [3.8, 4) is 39.1 Å². The Balaban J connectivity index is 1.48. The van der Waals surface area contributed by atoms with Crippen molar-refractivity contribution < 1.29 is 0 Å². The van der Waals surface area contributed by atoms with E-state index in [9.17, 15) is 0 Å². The van der Waals surface area contributed by atoms with E-state index in [0.717, 1.165) is 39.0 Å².